The molecule has 1 saturated heterocycles. The summed E-state index contributed by atoms with van der Waals surface area (Å²) in [5.74, 6) is 0. The SMILES string of the molecule is CCCCCN1CCC2(CC1)OC(OC)Cc1c2cnn1-c1ccccc1. The van der Waals surface area contributed by atoms with Crippen LogP contribution < -0.4 is 0 Å². The minimum Gasteiger partial charge on any atom is -0.355 e. The second kappa shape index (κ2) is 8.13. The molecule has 1 aromatic carbocycles. The highest BCUT2D eigenvalue weighted by molar-refractivity contribution is 5.38. The van der Waals surface area contributed by atoms with Gasteiger partial charge in [-0.1, -0.05) is 38.0 Å². The Bertz CT molecular complexity index is 735. The van der Waals surface area contributed by atoms with E-state index in [4.69, 9.17) is 14.6 Å². The maximum Gasteiger partial charge on any atom is 0.163 e. The Morgan fingerprint density at radius 1 is 1.19 bits per heavy atom. The molecule has 3 heterocycles. The van der Waals surface area contributed by atoms with Crippen LogP contribution in [0, 0.1) is 0 Å². The number of ether oxygens (including phenoxy) is 2. The van der Waals surface area contributed by atoms with E-state index >= 15 is 0 Å². The number of nitrogens with zero attached hydrogens (tertiary/aromatic N) is 3. The third-order valence-corrected chi connectivity index (χ3v) is 6.08. The number of aromatic nitrogens is 2. The van der Waals surface area contributed by atoms with Crippen LogP contribution >= 0.6 is 0 Å². The average Bonchev–Trinajstić information content (AvgIpc) is 3.15. The standard InChI is InChI=1S/C22H31N3O2/c1-3-4-8-13-24-14-11-22(12-15-24)19-17-23-25(18-9-6-5-7-10-18)20(19)16-21(26-2)27-22/h5-7,9-10,17,21H,3-4,8,11-16H2,1-2H3. The molecule has 1 aromatic heterocycles. The minimum atomic E-state index is -0.261. The molecule has 1 atom stereocenters. The average molecular weight is 370 g/mol. The molecule has 146 valence electrons. The molecule has 0 aliphatic carbocycles. The van der Waals surface area contributed by atoms with E-state index in [9.17, 15) is 0 Å². The lowest BCUT2D eigenvalue weighted by molar-refractivity contribution is -0.227. The summed E-state index contributed by atoms with van der Waals surface area (Å²) >= 11 is 0. The van der Waals surface area contributed by atoms with E-state index in [1.165, 1.54) is 37.1 Å². The van der Waals surface area contributed by atoms with Crippen molar-refractivity contribution < 1.29 is 9.47 Å². The Kier molecular flexibility index (Phi) is 5.62. The molecule has 2 aromatic rings. The second-order valence-corrected chi connectivity index (χ2v) is 7.78. The first kappa shape index (κ1) is 18.7. The molecular weight excluding hydrogens is 338 g/mol. The molecule has 1 spiro atoms. The largest absolute Gasteiger partial charge is 0.355 e. The Hall–Kier alpha value is -1.69. The highest BCUT2D eigenvalue weighted by atomic mass is 16.7. The summed E-state index contributed by atoms with van der Waals surface area (Å²) in [4.78, 5) is 2.59. The molecule has 4 rings (SSSR count). The number of para-hydroxylation sites is 1. The van der Waals surface area contributed by atoms with Gasteiger partial charge in [0.05, 0.1) is 17.6 Å². The number of piperidine rings is 1. The molecule has 0 N–H and O–H groups in total. The van der Waals surface area contributed by atoms with Crippen LogP contribution in [-0.4, -0.2) is 47.7 Å². The predicted molar refractivity (Wildman–Crippen MR) is 106 cm³/mol. The summed E-state index contributed by atoms with van der Waals surface area (Å²) in [7, 11) is 1.74. The van der Waals surface area contributed by atoms with Gasteiger partial charge in [0, 0.05) is 32.2 Å². The van der Waals surface area contributed by atoms with Gasteiger partial charge in [0.25, 0.3) is 0 Å². The van der Waals surface area contributed by atoms with E-state index in [0.717, 1.165) is 38.0 Å². The smallest absolute Gasteiger partial charge is 0.163 e. The maximum atomic E-state index is 6.51. The van der Waals surface area contributed by atoms with Gasteiger partial charge in [0.1, 0.15) is 5.60 Å². The van der Waals surface area contributed by atoms with Crippen LogP contribution in [0.5, 0.6) is 0 Å². The number of benzene rings is 1. The van der Waals surface area contributed by atoms with Gasteiger partial charge < -0.3 is 14.4 Å². The van der Waals surface area contributed by atoms with Gasteiger partial charge in [-0.2, -0.15) is 5.10 Å². The fraction of sp³-hybridized carbons (Fsp3) is 0.591. The van der Waals surface area contributed by atoms with Crippen LogP contribution in [0.25, 0.3) is 5.69 Å². The normalized spacial score (nSPS) is 22.1. The summed E-state index contributed by atoms with van der Waals surface area (Å²) in [6.07, 6.45) is 8.46. The summed E-state index contributed by atoms with van der Waals surface area (Å²) in [6, 6.07) is 10.4. The lowest BCUT2D eigenvalue weighted by Gasteiger charge is -2.45. The quantitative estimate of drug-likeness (QED) is 0.724. The van der Waals surface area contributed by atoms with Crippen LogP contribution in [0.3, 0.4) is 0 Å². The summed E-state index contributed by atoms with van der Waals surface area (Å²) in [6.45, 7) is 5.62. The van der Waals surface area contributed by atoms with Crippen LogP contribution in [0.15, 0.2) is 36.5 Å². The topological polar surface area (TPSA) is 39.5 Å². The van der Waals surface area contributed by atoms with Crippen molar-refractivity contribution in [2.24, 2.45) is 0 Å². The lowest BCUT2D eigenvalue weighted by atomic mass is 9.82. The first-order chi connectivity index (χ1) is 13.3. The molecular formula is C22H31N3O2. The van der Waals surface area contributed by atoms with Crippen LogP contribution in [-0.2, 0) is 21.5 Å². The number of hydrogen-bond acceptors (Lipinski definition) is 4. The second-order valence-electron chi connectivity index (χ2n) is 7.78. The van der Waals surface area contributed by atoms with Crippen molar-refractivity contribution in [3.8, 4) is 5.69 Å². The Labute approximate surface area is 162 Å². The van der Waals surface area contributed by atoms with Crippen LogP contribution in [0.2, 0.25) is 0 Å². The monoisotopic (exact) mass is 369 g/mol. The van der Waals surface area contributed by atoms with Crippen molar-refractivity contribution >= 4 is 0 Å². The number of hydrogen-bond donors (Lipinski definition) is 0. The van der Waals surface area contributed by atoms with Crippen LogP contribution in [0.4, 0.5) is 0 Å². The third kappa shape index (κ3) is 3.68. The maximum absolute atomic E-state index is 6.51. The molecule has 2 aliphatic rings. The van der Waals surface area contributed by atoms with Crippen molar-refractivity contribution in [1.82, 2.24) is 14.7 Å². The van der Waals surface area contributed by atoms with E-state index in [1.54, 1.807) is 7.11 Å². The van der Waals surface area contributed by atoms with E-state index in [-0.39, 0.29) is 11.9 Å². The van der Waals surface area contributed by atoms with Crippen molar-refractivity contribution in [3.05, 3.63) is 47.8 Å². The number of methoxy groups -OCH3 is 1. The predicted octanol–water partition coefficient (Wildman–Crippen LogP) is 3.90. The lowest BCUT2D eigenvalue weighted by Crippen LogP contribution is -2.49. The van der Waals surface area contributed by atoms with E-state index in [0.29, 0.717) is 0 Å². The molecule has 0 bridgehead atoms. The van der Waals surface area contributed by atoms with Gasteiger partial charge in [0.2, 0.25) is 0 Å². The van der Waals surface area contributed by atoms with Gasteiger partial charge in [0.15, 0.2) is 6.29 Å². The summed E-state index contributed by atoms with van der Waals surface area (Å²) in [5, 5.41) is 4.73. The van der Waals surface area contributed by atoms with E-state index in [2.05, 4.69) is 40.8 Å². The molecule has 5 heteroatoms. The number of unbranched alkanes of at least 4 members (excludes halogenated alkanes) is 2. The van der Waals surface area contributed by atoms with Gasteiger partial charge >= 0.3 is 0 Å². The molecule has 1 fully saturated rings. The first-order valence-corrected chi connectivity index (χ1v) is 10.3. The van der Waals surface area contributed by atoms with Gasteiger partial charge in [-0.05, 0) is 37.9 Å². The Morgan fingerprint density at radius 3 is 2.67 bits per heavy atom. The molecule has 5 nitrogen and oxygen atoms in total. The first-order valence-electron chi connectivity index (χ1n) is 10.3. The molecule has 0 amide bonds. The van der Waals surface area contributed by atoms with Gasteiger partial charge in [-0.15, -0.1) is 0 Å². The minimum absolute atomic E-state index is 0.205. The molecule has 0 saturated carbocycles. The van der Waals surface area contributed by atoms with Crippen LogP contribution in [0.1, 0.15) is 50.3 Å². The summed E-state index contributed by atoms with van der Waals surface area (Å²) < 4.78 is 14.2. The van der Waals surface area contributed by atoms with Crippen molar-refractivity contribution in [1.29, 1.82) is 0 Å². The Balaban J connectivity index is 1.58. The van der Waals surface area contributed by atoms with Gasteiger partial charge in [-0.3, -0.25) is 0 Å². The molecule has 0 radical (unpaired) electrons. The van der Waals surface area contributed by atoms with E-state index < -0.39 is 0 Å². The third-order valence-electron chi connectivity index (χ3n) is 6.08. The number of likely N-dealkylation sites (tertiary alicyclic amines) is 1. The van der Waals surface area contributed by atoms with Crippen molar-refractivity contribution in [2.75, 3.05) is 26.7 Å². The molecule has 1 unspecified atom stereocenters. The zero-order chi connectivity index (χ0) is 18.7. The fourth-order valence-electron chi connectivity index (χ4n) is 4.50. The molecule has 27 heavy (non-hydrogen) atoms. The van der Waals surface area contributed by atoms with Crippen molar-refractivity contribution in [3.63, 3.8) is 0 Å². The highest BCUT2D eigenvalue weighted by Gasteiger charge is 2.45. The summed E-state index contributed by atoms with van der Waals surface area (Å²) in [5.41, 5.74) is 3.33. The molecule has 2 aliphatic heterocycles. The highest BCUT2D eigenvalue weighted by Crippen LogP contribution is 2.44. The van der Waals surface area contributed by atoms with Gasteiger partial charge in [-0.25, -0.2) is 4.68 Å². The Morgan fingerprint density at radius 2 is 1.96 bits per heavy atom. The zero-order valence-electron chi connectivity index (χ0n) is 16.6. The number of fused-ring (bicyclic) bond motifs is 2. The van der Waals surface area contributed by atoms with E-state index in [1.807, 2.05) is 12.3 Å². The zero-order valence-corrected chi connectivity index (χ0v) is 16.6. The number of rotatable bonds is 6. The fourth-order valence-corrected chi connectivity index (χ4v) is 4.50. The van der Waals surface area contributed by atoms with Crippen molar-refractivity contribution in [2.45, 2.75) is 57.3 Å².